The lowest BCUT2D eigenvalue weighted by Crippen LogP contribution is -2.56. The van der Waals surface area contributed by atoms with Crippen LogP contribution in [0.4, 0.5) is 0 Å². The van der Waals surface area contributed by atoms with E-state index in [1.165, 1.54) is 25.3 Å². The van der Waals surface area contributed by atoms with Crippen molar-refractivity contribution in [1.29, 1.82) is 0 Å². The van der Waals surface area contributed by atoms with E-state index >= 15 is 0 Å². The predicted octanol–water partition coefficient (Wildman–Crippen LogP) is 5.65. The van der Waals surface area contributed by atoms with Crippen LogP contribution in [0, 0.1) is 11.8 Å². The summed E-state index contributed by atoms with van der Waals surface area (Å²) in [6.07, 6.45) is 7.47. The van der Waals surface area contributed by atoms with E-state index < -0.39 is 120 Å². The number of carbonyl (C=O) groups is 3. The number of phosphoric ester groups is 2. The van der Waals surface area contributed by atoms with Gasteiger partial charge < -0.3 is 54.8 Å². The van der Waals surface area contributed by atoms with Crippen LogP contribution in [-0.4, -0.2) is 131 Å². The zero-order valence-electron chi connectivity index (χ0n) is 39.5. The summed E-state index contributed by atoms with van der Waals surface area (Å²) in [5.74, 6) is -5.75. The number of ketones is 1. The second kappa shape index (κ2) is 33.8. The minimum atomic E-state index is -5.79. The number of cyclic esters (lactones) is 1. The molecule has 2 rings (SSSR count). The van der Waals surface area contributed by atoms with Gasteiger partial charge in [-0.1, -0.05) is 107 Å². The van der Waals surface area contributed by atoms with Crippen molar-refractivity contribution in [1.82, 2.24) is 0 Å². The number of hydrogen-bond acceptors (Lipinski definition) is 16. The van der Waals surface area contributed by atoms with Crippen molar-refractivity contribution in [3.63, 3.8) is 0 Å². The van der Waals surface area contributed by atoms with Crippen molar-refractivity contribution in [3.8, 4) is 0 Å². The summed E-state index contributed by atoms with van der Waals surface area (Å²) in [6.45, 7) is 2.46. The highest BCUT2D eigenvalue weighted by Crippen LogP contribution is 2.49. The molecule has 390 valence electrons. The van der Waals surface area contributed by atoms with Gasteiger partial charge in [-0.3, -0.25) is 28.0 Å². The van der Waals surface area contributed by atoms with Gasteiger partial charge in [0.2, 0.25) is 0 Å². The summed E-state index contributed by atoms with van der Waals surface area (Å²) in [5, 5.41) is 68.1. The number of phosphoric acid groups is 2. The number of aliphatic hydroxyl groups is 6. The summed E-state index contributed by atoms with van der Waals surface area (Å²) >= 11 is 0. The van der Waals surface area contributed by atoms with Gasteiger partial charge in [0.05, 0.1) is 31.0 Å². The molecule has 1 heterocycles. The molecule has 2 aliphatic rings. The molecule has 1 fully saturated rings. The van der Waals surface area contributed by atoms with E-state index in [-0.39, 0.29) is 38.5 Å². The molecule has 0 radical (unpaired) electrons. The Morgan fingerprint density at radius 1 is 0.853 bits per heavy atom. The zero-order chi connectivity index (χ0) is 50.5. The van der Waals surface area contributed by atoms with Crippen LogP contribution in [0.25, 0.3) is 0 Å². The molecule has 0 spiro atoms. The normalized spacial score (nSPS) is 31.2. The number of allylic oxidation sites excluding steroid dienone is 8. The Morgan fingerprint density at radius 3 is 2.13 bits per heavy atom. The Bertz CT molecular complexity index is 1710. The van der Waals surface area contributed by atoms with Crippen LogP contribution in [0.2, 0.25) is 0 Å². The minimum absolute atomic E-state index is 0.0864. The second-order valence-electron chi connectivity index (χ2n) is 17.2. The van der Waals surface area contributed by atoms with Gasteiger partial charge >= 0.3 is 27.6 Å². The average molecular weight is 1010 g/mol. The fraction of sp³-hybridized carbons (Fsp3) is 0.723. The maximum absolute atomic E-state index is 13.7. The van der Waals surface area contributed by atoms with Gasteiger partial charge in [0.25, 0.3) is 0 Å². The quantitative estimate of drug-likeness (QED) is 0.0274. The molecule has 1 saturated carbocycles. The van der Waals surface area contributed by atoms with Crippen LogP contribution in [0.1, 0.15) is 136 Å². The molecule has 1 unspecified atom stereocenters. The lowest BCUT2D eigenvalue weighted by Gasteiger charge is -2.38. The Kier molecular flexibility index (Phi) is 30.5. The topological polar surface area (TPSA) is 314 Å². The van der Waals surface area contributed by atoms with Gasteiger partial charge in [-0.2, -0.15) is 0 Å². The predicted molar refractivity (Wildman–Crippen MR) is 251 cm³/mol. The molecule has 0 amide bonds. The standard InChI is InChI=1S/C47H78O19P2/c1-3-5-7-8-9-10-11-12-13-14-15-16-17-18-24-28-41(52)64-35-32-62-40(51)27-23-20-19-22-26-36-38(49)31-39(50)37(30-29-34(48)25-21-6-4-2)43(54)46(65-67(57,58)59)47(45(56)44(55)42(36)53)66-68(60,61)63-33-35/h9-10,12-13,15-16,19,22,29-30,34-37,39,42-48,50,53-56H,3-8,11,14,17-18,20-21,23-28,31-33H2,1-2H3,(H,60,61)(H2,57,58,59)/b10-9-,13-12-,16-15-,22-19-,30-29+/t34-,35+,36-,37-,39+,42+,43+,44-,45+,46+,47-/m0/s1. The first kappa shape index (κ1) is 61.4. The molecule has 12 atom stereocenters. The van der Waals surface area contributed by atoms with E-state index in [0.717, 1.165) is 44.3 Å². The second-order valence-corrected chi connectivity index (χ2v) is 19.8. The molecular weight excluding hydrogens is 930 g/mol. The van der Waals surface area contributed by atoms with Gasteiger partial charge in [-0.25, -0.2) is 9.13 Å². The van der Waals surface area contributed by atoms with Gasteiger partial charge in [-0.05, 0) is 70.6 Å². The molecule has 0 aromatic rings. The number of hydrogen-bond donors (Lipinski definition) is 9. The number of rotatable bonds is 22. The number of Topliss-reactive ketones (excluding diaryl/α,β-unsaturated/α-hetero) is 1. The first-order valence-corrected chi connectivity index (χ1v) is 27.0. The highest BCUT2D eigenvalue weighted by atomic mass is 31.2. The minimum Gasteiger partial charge on any atom is -0.462 e. The van der Waals surface area contributed by atoms with Gasteiger partial charge in [-0.15, -0.1) is 0 Å². The van der Waals surface area contributed by atoms with Crippen LogP contribution in [-0.2, 0) is 46.6 Å². The van der Waals surface area contributed by atoms with Crippen LogP contribution >= 0.6 is 15.6 Å². The van der Waals surface area contributed by atoms with Crippen molar-refractivity contribution < 1.29 is 91.9 Å². The third-order valence-corrected chi connectivity index (χ3v) is 12.9. The molecule has 19 nitrogen and oxygen atoms in total. The highest BCUT2D eigenvalue weighted by Gasteiger charge is 2.51. The van der Waals surface area contributed by atoms with Gasteiger partial charge in [0.1, 0.15) is 36.8 Å². The molecule has 2 bridgehead atoms. The van der Waals surface area contributed by atoms with E-state index in [0.29, 0.717) is 25.7 Å². The maximum atomic E-state index is 13.7. The smallest absolute Gasteiger partial charge is 0.462 e. The van der Waals surface area contributed by atoms with Crippen molar-refractivity contribution in [3.05, 3.63) is 60.8 Å². The third kappa shape index (κ3) is 25.4. The fourth-order valence-electron chi connectivity index (χ4n) is 7.55. The van der Waals surface area contributed by atoms with Crippen LogP contribution in [0.15, 0.2) is 60.8 Å². The SMILES string of the molecule is CCCCC/C=C\C/C=C\C/C=C\CCCCC(=O)O[C@@H]1COC(=O)CCC/C=C\C[C@H]2C(=O)C[C@@H](O)[C@H](/C=C/[C@@H](O)CCCCC)[C@@H](O)[C@@H](OP(=O)(O)O)[C@@H](OP(=O)(O)OC1)[C@H](O)[C@@H](O)[C@@H]2O. The van der Waals surface area contributed by atoms with E-state index in [1.54, 1.807) is 6.08 Å². The summed E-state index contributed by atoms with van der Waals surface area (Å²) < 4.78 is 52.1. The summed E-state index contributed by atoms with van der Waals surface area (Å²) in [4.78, 5) is 70.4. The molecule has 0 saturated heterocycles. The van der Waals surface area contributed by atoms with E-state index in [9.17, 15) is 68.8 Å². The molecule has 1 aliphatic carbocycles. The molecule has 1 aliphatic heterocycles. The zero-order valence-corrected chi connectivity index (χ0v) is 41.3. The number of carbonyl (C=O) groups excluding carboxylic acids is 3. The Labute approximate surface area is 400 Å². The lowest BCUT2D eigenvalue weighted by molar-refractivity contribution is -0.164. The fourth-order valence-corrected chi connectivity index (χ4v) is 9.08. The lowest BCUT2D eigenvalue weighted by atomic mass is 9.84. The van der Waals surface area contributed by atoms with Crippen LogP contribution < -0.4 is 0 Å². The molecule has 9 N–H and O–H groups in total. The van der Waals surface area contributed by atoms with E-state index in [1.807, 2.05) is 19.1 Å². The third-order valence-electron chi connectivity index (χ3n) is 11.4. The Hall–Kier alpha value is -2.71. The van der Waals surface area contributed by atoms with Crippen LogP contribution in [0.5, 0.6) is 0 Å². The number of esters is 2. The average Bonchev–Trinajstić information content (AvgIpc) is 3.28. The van der Waals surface area contributed by atoms with Crippen molar-refractivity contribution in [2.24, 2.45) is 11.8 Å². The van der Waals surface area contributed by atoms with Crippen LogP contribution in [0.3, 0.4) is 0 Å². The first-order chi connectivity index (χ1) is 32.3. The molecule has 68 heavy (non-hydrogen) atoms. The number of unbranched alkanes of at least 4 members (excludes halogenated alkanes) is 7. The van der Waals surface area contributed by atoms with Crippen molar-refractivity contribution in [2.75, 3.05) is 13.2 Å². The Morgan fingerprint density at radius 2 is 1.49 bits per heavy atom. The summed E-state index contributed by atoms with van der Waals surface area (Å²) in [7, 11) is -11.5. The van der Waals surface area contributed by atoms with Crippen molar-refractivity contribution >= 4 is 33.4 Å². The molecule has 0 aromatic carbocycles. The maximum Gasteiger partial charge on any atom is 0.472 e. The molecule has 21 heteroatoms. The Balaban J connectivity index is 2.40. The number of aliphatic hydroxyl groups excluding tert-OH is 6. The molecular formula is C47H78O19P2. The van der Waals surface area contributed by atoms with Gasteiger partial charge in [0, 0.05) is 31.1 Å². The number of ether oxygens (including phenoxy) is 2. The molecule has 0 aromatic heterocycles. The highest BCUT2D eigenvalue weighted by molar-refractivity contribution is 7.47. The van der Waals surface area contributed by atoms with Gasteiger partial charge in [0.15, 0.2) is 6.10 Å². The largest absolute Gasteiger partial charge is 0.472 e. The summed E-state index contributed by atoms with van der Waals surface area (Å²) in [6, 6.07) is 0. The van der Waals surface area contributed by atoms with E-state index in [4.69, 9.17) is 23.0 Å². The van der Waals surface area contributed by atoms with Crippen molar-refractivity contribution in [2.45, 2.75) is 191 Å². The summed E-state index contributed by atoms with van der Waals surface area (Å²) in [5.41, 5.74) is 0. The monoisotopic (exact) mass is 1010 g/mol. The number of fused-ring (bicyclic) bond motifs is 4. The van der Waals surface area contributed by atoms with E-state index in [2.05, 4.69) is 31.2 Å². The first-order valence-electron chi connectivity index (χ1n) is 23.9.